The molecule has 9 heteroatoms. The van der Waals surface area contributed by atoms with Crippen LogP contribution in [0.15, 0.2) is 60.7 Å². The van der Waals surface area contributed by atoms with Crippen molar-refractivity contribution in [1.82, 2.24) is 20.0 Å². The van der Waals surface area contributed by atoms with Gasteiger partial charge in [0.2, 0.25) is 11.8 Å². The van der Waals surface area contributed by atoms with Crippen LogP contribution >= 0.6 is 0 Å². The van der Waals surface area contributed by atoms with Crippen LogP contribution < -0.4 is 5.32 Å². The number of piperidine rings is 1. The lowest BCUT2D eigenvalue weighted by atomic mass is 9.78. The Kier molecular flexibility index (Phi) is 7.74. The van der Waals surface area contributed by atoms with Crippen molar-refractivity contribution in [2.24, 2.45) is 11.8 Å². The number of carbonyl (C=O) groups is 4. The lowest BCUT2D eigenvalue weighted by molar-refractivity contribution is -0.167. The van der Waals surface area contributed by atoms with Gasteiger partial charge in [-0.05, 0) is 49.4 Å². The molecule has 2 atom stereocenters. The van der Waals surface area contributed by atoms with Crippen molar-refractivity contribution in [3.63, 3.8) is 0 Å². The Bertz CT molecular complexity index is 1120. The minimum absolute atomic E-state index is 0.0417. The van der Waals surface area contributed by atoms with Crippen LogP contribution in [0.5, 0.6) is 0 Å². The molecule has 3 heterocycles. The van der Waals surface area contributed by atoms with E-state index in [1.54, 1.807) is 4.90 Å². The van der Waals surface area contributed by atoms with Crippen molar-refractivity contribution < 1.29 is 24.3 Å². The average molecular weight is 519 g/mol. The lowest BCUT2D eigenvalue weighted by Gasteiger charge is -2.47. The number of hydrogen-bond donors (Lipinski definition) is 2. The van der Waals surface area contributed by atoms with Crippen molar-refractivity contribution in [3.05, 3.63) is 71.8 Å². The van der Waals surface area contributed by atoms with Gasteiger partial charge in [-0.1, -0.05) is 60.7 Å². The number of imide groups is 1. The predicted molar refractivity (Wildman–Crippen MR) is 140 cm³/mol. The van der Waals surface area contributed by atoms with E-state index in [1.165, 1.54) is 4.90 Å². The average Bonchev–Trinajstić information content (AvgIpc) is 2.96. The zero-order chi connectivity index (χ0) is 26.6. The van der Waals surface area contributed by atoms with Crippen LogP contribution in [0, 0.1) is 11.8 Å². The molecule has 0 spiro atoms. The summed E-state index contributed by atoms with van der Waals surface area (Å²) in [5.41, 5.74) is 1.80. The van der Waals surface area contributed by atoms with E-state index in [4.69, 9.17) is 0 Å². The van der Waals surface area contributed by atoms with Gasteiger partial charge in [0.1, 0.15) is 0 Å². The second kappa shape index (κ2) is 11.3. The Hall–Kier alpha value is -3.72. The molecule has 0 aromatic heterocycles. The summed E-state index contributed by atoms with van der Waals surface area (Å²) in [6.07, 6.45) is 2.32. The van der Waals surface area contributed by atoms with Gasteiger partial charge >= 0.3 is 12.0 Å². The van der Waals surface area contributed by atoms with Gasteiger partial charge in [-0.3, -0.25) is 9.59 Å². The van der Waals surface area contributed by atoms with E-state index in [9.17, 15) is 24.3 Å². The Labute approximate surface area is 222 Å². The number of carboxylic acids is 1. The summed E-state index contributed by atoms with van der Waals surface area (Å²) in [7, 11) is 0. The largest absolute Gasteiger partial charge is 0.480 e. The number of piperazine rings is 1. The molecule has 0 saturated carbocycles. The van der Waals surface area contributed by atoms with Gasteiger partial charge in [-0.2, -0.15) is 0 Å². The highest BCUT2D eigenvalue weighted by molar-refractivity contribution is 6.07. The molecule has 9 nitrogen and oxygen atoms in total. The van der Waals surface area contributed by atoms with E-state index in [2.05, 4.69) is 5.32 Å². The third-order valence-electron chi connectivity index (χ3n) is 8.09. The number of amides is 4. The number of carbonyl (C=O) groups excluding carboxylic acids is 3. The molecule has 2 aromatic carbocycles. The van der Waals surface area contributed by atoms with Gasteiger partial charge in [0.15, 0.2) is 6.04 Å². The highest BCUT2D eigenvalue weighted by Gasteiger charge is 2.56. The Balaban J connectivity index is 1.23. The Morgan fingerprint density at radius 1 is 0.842 bits per heavy atom. The fourth-order valence-corrected chi connectivity index (χ4v) is 5.97. The predicted octanol–water partition coefficient (Wildman–Crippen LogP) is 2.38. The van der Waals surface area contributed by atoms with E-state index >= 15 is 0 Å². The highest BCUT2D eigenvalue weighted by atomic mass is 16.4. The molecule has 2 N–H and O–H groups in total. The number of nitrogens with one attached hydrogen (secondary N) is 1. The van der Waals surface area contributed by atoms with Crippen molar-refractivity contribution in [1.29, 1.82) is 0 Å². The summed E-state index contributed by atoms with van der Waals surface area (Å²) >= 11 is 0. The van der Waals surface area contributed by atoms with E-state index in [0.717, 1.165) is 42.0 Å². The normalized spacial score (nSPS) is 22.3. The summed E-state index contributed by atoms with van der Waals surface area (Å²) in [5, 5.41) is 13.1. The number of likely N-dealkylation sites (tertiary alicyclic amines) is 1. The smallest absolute Gasteiger partial charge is 0.327 e. The van der Waals surface area contributed by atoms with E-state index in [-0.39, 0.29) is 19.0 Å². The third-order valence-corrected chi connectivity index (χ3v) is 8.09. The first-order chi connectivity index (χ1) is 18.5. The van der Waals surface area contributed by atoms with Gasteiger partial charge in [0.05, 0.1) is 11.8 Å². The number of aliphatic carboxylic acids is 1. The SMILES string of the molecule is O=C(O)[C@@H]1[C@@H](CC2CCNCC2)C(=O)N1C(=O)N1CCN(C(=O)C(c2ccccc2)c2ccccc2)CC1. The van der Waals surface area contributed by atoms with Crippen molar-refractivity contribution >= 4 is 23.8 Å². The fraction of sp³-hybridized carbons (Fsp3) is 0.448. The topological polar surface area (TPSA) is 110 Å². The Morgan fingerprint density at radius 3 is 1.89 bits per heavy atom. The number of benzene rings is 2. The quantitative estimate of drug-likeness (QED) is 0.569. The number of hydrogen-bond acceptors (Lipinski definition) is 5. The van der Waals surface area contributed by atoms with E-state index in [1.807, 2.05) is 60.7 Å². The molecule has 0 radical (unpaired) electrons. The number of β-lactam (4-membered cyclic amide) rings is 1. The molecule has 0 aliphatic carbocycles. The minimum Gasteiger partial charge on any atom is -0.480 e. The molecule has 3 fully saturated rings. The maximum Gasteiger partial charge on any atom is 0.327 e. The molecular weight excluding hydrogens is 484 g/mol. The molecule has 3 saturated heterocycles. The molecule has 0 bridgehead atoms. The van der Waals surface area contributed by atoms with E-state index < -0.39 is 35.8 Å². The van der Waals surface area contributed by atoms with Gasteiger partial charge < -0.3 is 20.2 Å². The van der Waals surface area contributed by atoms with Crippen LogP contribution in [0.25, 0.3) is 0 Å². The molecule has 3 aliphatic rings. The first-order valence-corrected chi connectivity index (χ1v) is 13.4. The number of carboxylic acid groups (broad SMARTS) is 1. The van der Waals surface area contributed by atoms with Gasteiger partial charge in [-0.15, -0.1) is 0 Å². The van der Waals surface area contributed by atoms with Crippen LogP contribution in [0.4, 0.5) is 4.79 Å². The number of urea groups is 1. The van der Waals surface area contributed by atoms with Crippen LogP contribution in [-0.4, -0.2) is 88.9 Å². The van der Waals surface area contributed by atoms with Gasteiger partial charge in [-0.25, -0.2) is 14.5 Å². The Morgan fingerprint density at radius 2 is 1.37 bits per heavy atom. The molecule has 200 valence electrons. The molecule has 0 unspecified atom stereocenters. The number of nitrogens with zero attached hydrogens (tertiary/aromatic N) is 3. The van der Waals surface area contributed by atoms with E-state index in [0.29, 0.717) is 25.4 Å². The highest BCUT2D eigenvalue weighted by Crippen LogP contribution is 2.36. The van der Waals surface area contributed by atoms with Crippen LogP contribution in [0.2, 0.25) is 0 Å². The second-order valence-electron chi connectivity index (χ2n) is 10.4. The zero-order valence-corrected chi connectivity index (χ0v) is 21.4. The summed E-state index contributed by atoms with van der Waals surface area (Å²) in [6, 6.07) is 17.6. The molecule has 4 amide bonds. The maximum atomic E-state index is 13.7. The van der Waals surface area contributed by atoms with Crippen molar-refractivity contribution in [2.45, 2.75) is 31.2 Å². The first kappa shape index (κ1) is 25.9. The summed E-state index contributed by atoms with van der Waals surface area (Å²) < 4.78 is 0. The number of rotatable bonds is 6. The van der Waals surface area contributed by atoms with Crippen LogP contribution in [0.3, 0.4) is 0 Å². The van der Waals surface area contributed by atoms with Crippen LogP contribution in [0.1, 0.15) is 36.3 Å². The molecule has 38 heavy (non-hydrogen) atoms. The standard InChI is InChI=1S/C29H34N4O5/c34-26-23(19-20-11-13-30-14-12-20)25(28(36)37)33(26)29(38)32-17-15-31(16-18-32)27(35)24(21-7-3-1-4-8-21)22-9-5-2-6-10-22/h1-10,20,23-25,30H,11-19H2,(H,36,37)/t23-,25+/m1/s1. The first-order valence-electron chi connectivity index (χ1n) is 13.4. The van der Waals surface area contributed by atoms with Gasteiger partial charge in [0, 0.05) is 26.2 Å². The summed E-state index contributed by atoms with van der Waals surface area (Å²) in [6.45, 7) is 2.86. The lowest BCUT2D eigenvalue weighted by Crippen LogP contribution is -2.69. The van der Waals surface area contributed by atoms with Crippen molar-refractivity contribution in [2.75, 3.05) is 39.3 Å². The van der Waals surface area contributed by atoms with Crippen LogP contribution in [-0.2, 0) is 14.4 Å². The third kappa shape index (κ3) is 5.15. The zero-order valence-electron chi connectivity index (χ0n) is 21.4. The molecule has 2 aromatic rings. The summed E-state index contributed by atoms with van der Waals surface area (Å²) in [5.74, 6) is -2.39. The monoisotopic (exact) mass is 518 g/mol. The molecule has 5 rings (SSSR count). The maximum absolute atomic E-state index is 13.7. The molecular formula is C29H34N4O5. The van der Waals surface area contributed by atoms with Gasteiger partial charge in [0.25, 0.3) is 0 Å². The van der Waals surface area contributed by atoms with Crippen molar-refractivity contribution in [3.8, 4) is 0 Å². The minimum atomic E-state index is -1.14. The second-order valence-corrected chi connectivity index (χ2v) is 10.4. The molecule has 3 aliphatic heterocycles. The fourth-order valence-electron chi connectivity index (χ4n) is 5.97. The summed E-state index contributed by atoms with van der Waals surface area (Å²) in [4.78, 5) is 56.1.